The van der Waals surface area contributed by atoms with Crippen LogP contribution in [0.1, 0.15) is 20.8 Å². The van der Waals surface area contributed by atoms with Gasteiger partial charge in [-0.2, -0.15) is 0 Å². The first kappa shape index (κ1) is 9.33. The van der Waals surface area contributed by atoms with Crippen molar-refractivity contribution in [1.82, 2.24) is 4.90 Å². The Hall–Kier alpha value is 0.240. The summed E-state index contributed by atoms with van der Waals surface area (Å²) in [7, 11) is 0. The van der Waals surface area contributed by atoms with Crippen molar-refractivity contribution in [2.24, 2.45) is 5.92 Å². The van der Waals surface area contributed by atoms with E-state index in [1.165, 1.54) is 5.75 Å². The van der Waals surface area contributed by atoms with Crippen LogP contribution in [0, 0.1) is 5.92 Å². The highest BCUT2D eigenvalue weighted by Crippen LogP contribution is 2.27. The Balaban J connectivity index is 2.61. The van der Waals surface area contributed by atoms with E-state index in [1.807, 2.05) is 11.8 Å². The first-order valence-electron chi connectivity index (χ1n) is 4.10. The molecule has 0 aromatic rings. The van der Waals surface area contributed by atoms with Crippen molar-refractivity contribution >= 4 is 28.3 Å². The van der Waals surface area contributed by atoms with Gasteiger partial charge in [0.25, 0.3) is 0 Å². The van der Waals surface area contributed by atoms with Gasteiger partial charge in [0, 0.05) is 18.3 Å². The van der Waals surface area contributed by atoms with Crippen LogP contribution in [0.2, 0.25) is 0 Å². The third-order valence-corrected chi connectivity index (χ3v) is 3.70. The fraction of sp³-hybridized carbons (Fsp3) is 0.875. The van der Waals surface area contributed by atoms with E-state index in [-0.39, 0.29) is 0 Å². The molecular weight excluding hydrogens is 174 g/mol. The molecule has 3 heteroatoms. The average molecular weight is 189 g/mol. The maximum absolute atomic E-state index is 5.22. The standard InChI is InChI=1S/C8H15NS2/c1-4-9-7(6(2)3)5-11-8(9)10/h6-7H,4-5H2,1-3H3/t7-/m0/s1. The molecular formula is C8H15NS2. The van der Waals surface area contributed by atoms with Gasteiger partial charge in [-0.05, 0) is 12.8 Å². The molecule has 0 aromatic heterocycles. The van der Waals surface area contributed by atoms with Gasteiger partial charge in [-0.1, -0.05) is 37.8 Å². The molecule has 0 bridgehead atoms. The molecule has 0 amide bonds. The van der Waals surface area contributed by atoms with E-state index >= 15 is 0 Å². The summed E-state index contributed by atoms with van der Waals surface area (Å²) in [6, 6.07) is 0.678. The Labute approximate surface area is 78.5 Å². The Bertz CT molecular complexity index is 156. The molecule has 0 spiro atoms. The zero-order chi connectivity index (χ0) is 8.43. The monoisotopic (exact) mass is 189 g/mol. The molecule has 0 aliphatic carbocycles. The van der Waals surface area contributed by atoms with Crippen molar-refractivity contribution < 1.29 is 0 Å². The average Bonchev–Trinajstić information content (AvgIpc) is 2.30. The van der Waals surface area contributed by atoms with E-state index < -0.39 is 0 Å². The summed E-state index contributed by atoms with van der Waals surface area (Å²) in [5, 5.41) is 0. The number of hydrogen-bond acceptors (Lipinski definition) is 2. The van der Waals surface area contributed by atoms with Crippen molar-refractivity contribution in [1.29, 1.82) is 0 Å². The molecule has 0 N–H and O–H groups in total. The molecule has 1 nitrogen and oxygen atoms in total. The van der Waals surface area contributed by atoms with Gasteiger partial charge in [-0.25, -0.2) is 0 Å². The third-order valence-electron chi connectivity index (χ3n) is 2.12. The van der Waals surface area contributed by atoms with Crippen LogP contribution >= 0.6 is 24.0 Å². The van der Waals surface area contributed by atoms with Gasteiger partial charge in [0.1, 0.15) is 4.32 Å². The van der Waals surface area contributed by atoms with Gasteiger partial charge in [0.2, 0.25) is 0 Å². The number of hydrogen-bond donors (Lipinski definition) is 0. The fourth-order valence-electron chi connectivity index (χ4n) is 1.38. The second kappa shape index (κ2) is 3.76. The van der Waals surface area contributed by atoms with E-state index in [0.717, 1.165) is 16.8 Å². The van der Waals surface area contributed by atoms with Gasteiger partial charge in [-0.3, -0.25) is 0 Å². The molecule has 1 atom stereocenters. The molecule has 64 valence electrons. The van der Waals surface area contributed by atoms with Crippen molar-refractivity contribution in [3.8, 4) is 0 Å². The summed E-state index contributed by atoms with van der Waals surface area (Å²) < 4.78 is 1.09. The SMILES string of the molecule is CCN1C(=S)SC[C@H]1C(C)C. The van der Waals surface area contributed by atoms with Crippen LogP contribution in [-0.2, 0) is 0 Å². The molecule has 0 saturated carbocycles. The summed E-state index contributed by atoms with van der Waals surface area (Å²) in [5.41, 5.74) is 0. The molecule has 11 heavy (non-hydrogen) atoms. The Morgan fingerprint density at radius 1 is 1.73 bits per heavy atom. The van der Waals surface area contributed by atoms with E-state index in [4.69, 9.17) is 12.2 Å². The Kier molecular flexibility index (Phi) is 3.19. The zero-order valence-corrected chi connectivity index (χ0v) is 8.97. The van der Waals surface area contributed by atoms with Crippen molar-refractivity contribution in [2.45, 2.75) is 26.8 Å². The lowest BCUT2D eigenvalue weighted by Gasteiger charge is -2.26. The highest BCUT2D eigenvalue weighted by molar-refractivity contribution is 8.23. The molecule has 1 rings (SSSR count). The predicted molar refractivity (Wildman–Crippen MR) is 56.1 cm³/mol. The number of nitrogens with zero attached hydrogens (tertiary/aromatic N) is 1. The van der Waals surface area contributed by atoms with Gasteiger partial charge in [-0.15, -0.1) is 0 Å². The highest BCUT2D eigenvalue weighted by atomic mass is 32.2. The van der Waals surface area contributed by atoms with Crippen LogP contribution < -0.4 is 0 Å². The molecule has 0 aromatic carbocycles. The smallest absolute Gasteiger partial charge is 0.136 e. The maximum atomic E-state index is 5.22. The number of rotatable bonds is 2. The lowest BCUT2D eigenvalue weighted by molar-refractivity contribution is 0.298. The highest BCUT2D eigenvalue weighted by Gasteiger charge is 2.29. The molecule has 0 radical (unpaired) electrons. The summed E-state index contributed by atoms with van der Waals surface area (Å²) in [4.78, 5) is 2.34. The minimum absolute atomic E-state index is 0.678. The molecule has 1 saturated heterocycles. The summed E-state index contributed by atoms with van der Waals surface area (Å²) in [6.45, 7) is 7.77. The van der Waals surface area contributed by atoms with Gasteiger partial charge in [0.05, 0.1) is 0 Å². The lowest BCUT2D eigenvalue weighted by Crippen LogP contribution is -2.36. The van der Waals surface area contributed by atoms with E-state index in [2.05, 4.69) is 25.7 Å². The second-order valence-electron chi connectivity index (χ2n) is 3.17. The Morgan fingerprint density at radius 3 is 2.73 bits per heavy atom. The van der Waals surface area contributed by atoms with Gasteiger partial charge in [0.15, 0.2) is 0 Å². The second-order valence-corrected chi connectivity index (χ2v) is 4.83. The van der Waals surface area contributed by atoms with Gasteiger partial charge < -0.3 is 4.90 Å². The van der Waals surface area contributed by atoms with Crippen molar-refractivity contribution in [2.75, 3.05) is 12.3 Å². The third kappa shape index (κ3) is 1.88. The van der Waals surface area contributed by atoms with Crippen molar-refractivity contribution in [3.05, 3.63) is 0 Å². The quantitative estimate of drug-likeness (QED) is 0.614. The Morgan fingerprint density at radius 2 is 2.36 bits per heavy atom. The van der Waals surface area contributed by atoms with E-state index in [1.54, 1.807) is 0 Å². The normalized spacial score (nSPS) is 25.3. The van der Waals surface area contributed by atoms with Crippen LogP contribution in [-0.4, -0.2) is 27.6 Å². The van der Waals surface area contributed by atoms with E-state index in [9.17, 15) is 0 Å². The summed E-state index contributed by atoms with van der Waals surface area (Å²) in [5.74, 6) is 1.91. The predicted octanol–water partition coefficient (Wildman–Crippen LogP) is 2.36. The van der Waals surface area contributed by atoms with E-state index in [0.29, 0.717) is 6.04 Å². The molecule has 1 fully saturated rings. The summed E-state index contributed by atoms with van der Waals surface area (Å²) in [6.07, 6.45) is 0. The molecule has 0 unspecified atom stereocenters. The molecule has 1 aliphatic rings. The minimum Gasteiger partial charge on any atom is -0.354 e. The fourth-order valence-corrected chi connectivity index (χ4v) is 3.16. The first-order valence-corrected chi connectivity index (χ1v) is 5.49. The van der Waals surface area contributed by atoms with Crippen LogP contribution in [0.4, 0.5) is 0 Å². The lowest BCUT2D eigenvalue weighted by atomic mass is 10.1. The zero-order valence-electron chi connectivity index (χ0n) is 7.33. The maximum Gasteiger partial charge on any atom is 0.136 e. The number of thioether (sulfide) groups is 1. The molecule has 1 aliphatic heterocycles. The van der Waals surface area contributed by atoms with Crippen LogP contribution in [0.3, 0.4) is 0 Å². The number of thiocarbonyl (C=S) groups is 1. The largest absolute Gasteiger partial charge is 0.354 e. The van der Waals surface area contributed by atoms with Crippen LogP contribution in [0.5, 0.6) is 0 Å². The van der Waals surface area contributed by atoms with Gasteiger partial charge >= 0.3 is 0 Å². The molecule has 1 heterocycles. The minimum atomic E-state index is 0.678. The topological polar surface area (TPSA) is 3.24 Å². The first-order chi connectivity index (χ1) is 5.16. The summed E-state index contributed by atoms with van der Waals surface area (Å²) >= 11 is 7.05. The van der Waals surface area contributed by atoms with Crippen LogP contribution in [0.25, 0.3) is 0 Å². The van der Waals surface area contributed by atoms with Crippen molar-refractivity contribution in [3.63, 3.8) is 0 Å². The van der Waals surface area contributed by atoms with Crippen LogP contribution in [0.15, 0.2) is 0 Å².